The van der Waals surface area contributed by atoms with Crippen LogP contribution < -0.4 is 4.74 Å². The smallest absolute Gasteiger partial charge is 0.196 e. The summed E-state index contributed by atoms with van der Waals surface area (Å²) in [6.45, 7) is 5.57. The first-order chi connectivity index (χ1) is 8.70. The highest BCUT2D eigenvalue weighted by Gasteiger charge is 2.70. The van der Waals surface area contributed by atoms with E-state index in [9.17, 15) is 0 Å². The minimum atomic E-state index is -1.43. The van der Waals surface area contributed by atoms with Gasteiger partial charge < -0.3 is 9.16 Å². The molecule has 1 aromatic carbocycles. The Morgan fingerprint density at radius 2 is 2.17 bits per heavy atom. The molecule has 1 saturated carbocycles. The summed E-state index contributed by atoms with van der Waals surface area (Å²) >= 11 is 0. The van der Waals surface area contributed by atoms with E-state index in [1.54, 1.807) is 7.11 Å². The summed E-state index contributed by atoms with van der Waals surface area (Å²) < 4.78 is 11.7. The Balaban J connectivity index is 1.91. The number of hydrogen-bond donors (Lipinski definition) is 0. The SMILES string of the molecule is CC[Si]1(CC)OC[C@]2(c3cccc(OC)c3)CC21. The van der Waals surface area contributed by atoms with Crippen molar-refractivity contribution in [3.8, 4) is 5.75 Å². The van der Waals surface area contributed by atoms with Gasteiger partial charge in [0.1, 0.15) is 5.75 Å². The Morgan fingerprint density at radius 3 is 2.72 bits per heavy atom. The van der Waals surface area contributed by atoms with E-state index in [-0.39, 0.29) is 0 Å². The molecule has 1 saturated heterocycles. The fraction of sp³-hybridized carbons (Fsp3) is 0.600. The second kappa shape index (κ2) is 4.10. The predicted octanol–water partition coefficient (Wildman–Crippen LogP) is 3.72. The van der Waals surface area contributed by atoms with E-state index in [1.807, 2.05) is 6.07 Å². The van der Waals surface area contributed by atoms with Crippen molar-refractivity contribution < 1.29 is 9.16 Å². The first kappa shape index (κ1) is 12.2. The van der Waals surface area contributed by atoms with Gasteiger partial charge in [-0.25, -0.2) is 0 Å². The molecule has 0 spiro atoms. The van der Waals surface area contributed by atoms with Crippen LogP contribution in [0.25, 0.3) is 0 Å². The van der Waals surface area contributed by atoms with Crippen molar-refractivity contribution in [1.82, 2.24) is 0 Å². The van der Waals surface area contributed by atoms with Crippen LogP contribution in [-0.4, -0.2) is 22.0 Å². The van der Waals surface area contributed by atoms with Gasteiger partial charge in [0, 0.05) is 12.0 Å². The topological polar surface area (TPSA) is 18.5 Å². The molecule has 18 heavy (non-hydrogen) atoms. The minimum absolute atomic E-state index is 0.340. The molecule has 1 heterocycles. The van der Waals surface area contributed by atoms with Gasteiger partial charge >= 0.3 is 0 Å². The molecule has 0 amide bonds. The molecule has 1 aliphatic carbocycles. The lowest BCUT2D eigenvalue weighted by Crippen LogP contribution is -2.33. The summed E-state index contributed by atoms with van der Waals surface area (Å²) in [4.78, 5) is 0. The van der Waals surface area contributed by atoms with E-state index in [0.717, 1.165) is 17.9 Å². The lowest BCUT2D eigenvalue weighted by molar-refractivity contribution is 0.296. The minimum Gasteiger partial charge on any atom is -0.497 e. The van der Waals surface area contributed by atoms with Crippen molar-refractivity contribution in [3.63, 3.8) is 0 Å². The highest BCUT2D eigenvalue weighted by Crippen LogP contribution is 2.70. The Bertz CT molecular complexity index is 456. The third kappa shape index (κ3) is 1.50. The molecule has 3 heteroatoms. The Labute approximate surface area is 110 Å². The summed E-state index contributed by atoms with van der Waals surface area (Å²) in [5.74, 6) is 0.972. The van der Waals surface area contributed by atoms with Gasteiger partial charge in [0.2, 0.25) is 0 Å². The average Bonchev–Trinajstić information content (AvgIpc) is 3.10. The molecule has 2 fully saturated rings. The number of benzene rings is 1. The predicted molar refractivity (Wildman–Crippen MR) is 75.7 cm³/mol. The Morgan fingerprint density at radius 1 is 1.39 bits per heavy atom. The lowest BCUT2D eigenvalue weighted by atomic mass is 9.97. The normalized spacial score (nSPS) is 32.1. The lowest BCUT2D eigenvalue weighted by Gasteiger charge is -2.24. The van der Waals surface area contributed by atoms with Gasteiger partial charge in [0.25, 0.3) is 0 Å². The molecule has 98 valence electrons. The van der Waals surface area contributed by atoms with Crippen molar-refractivity contribution in [2.24, 2.45) is 0 Å². The van der Waals surface area contributed by atoms with Gasteiger partial charge in [-0.1, -0.05) is 26.0 Å². The molecule has 3 rings (SSSR count). The van der Waals surface area contributed by atoms with E-state index in [4.69, 9.17) is 9.16 Å². The molecule has 0 bridgehead atoms. The second-order valence-electron chi connectivity index (χ2n) is 5.71. The standard InChI is InChI=1S/C15H22O2Si/c1-4-18(5-2)14-10-15(14,11-17-18)12-7-6-8-13(9-12)16-3/h6-9,14H,4-5,10-11H2,1-3H3/t14?,15-/m0/s1. The number of fused-ring (bicyclic) bond motifs is 1. The summed E-state index contributed by atoms with van der Waals surface area (Å²) in [5, 5.41) is 0. The van der Waals surface area contributed by atoms with Gasteiger partial charge in [-0.2, -0.15) is 0 Å². The maximum atomic E-state index is 6.33. The highest BCUT2D eigenvalue weighted by molar-refractivity contribution is 6.77. The first-order valence-corrected chi connectivity index (χ1v) is 9.39. The van der Waals surface area contributed by atoms with Gasteiger partial charge in [0.15, 0.2) is 8.32 Å². The molecule has 1 unspecified atom stereocenters. The Kier molecular flexibility index (Phi) is 2.79. The van der Waals surface area contributed by atoms with E-state index < -0.39 is 8.32 Å². The zero-order valence-electron chi connectivity index (χ0n) is 11.5. The van der Waals surface area contributed by atoms with Crippen LogP contribution in [0.1, 0.15) is 25.8 Å². The van der Waals surface area contributed by atoms with Crippen LogP contribution in [0.3, 0.4) is 0 Å². The van der Waals surface area contributed by atoms with Crippen molar-refractivity contribution >= 4 is 8.32 Å². The Hall–Kier alpha value is -0.803. The van der Waals surface area contributed by atoms with Crippen LogP contribution in [-0.2, 0) is 9.84 Å². The van der Waals surface area contributed by atoms with E-state index >= 15 is 0 Å². The van der Waals surface area contributed by atoms with Crippen molar-refractivity contribution in [3.05, 3.63) is 29.8 Å². The van der Waals surface area contributed by atoms with Crippen molar-refractivity contribution in [2.75, 3.05) is 13.7 Å². The monoisotopic (exact) mass is 262 g/mol. The highest BCUT2D eigenvalue weighted by atomic mass is 28.4. The van der Waals surface area contributed by atoms with Crippen LogP contribution in [0.2, 0.25) is 17.6 Å². The van der Waals surface area contributed by atoms with Gasteiger partial charge in [-0.15, -0.1) is 0 Å². The average molecular weight is 262 g/mol. The molecular weight excluding hydrogens is 240 g/mol. The molecule has 2 atom stereocenters. The maximum Gasteiger partial charge on any atom is 0.196 e. The van der Waals surface area contributed by atoms with Crippen LogP contribution in [0.15, 0.2) is 24.3 Å². The molecule has 1 aliphatic heterocycles. The number of rotatable bonds is 4. The molecule has 0 N–H and O–H groups in total. The summed E-state index contributed by atoms with van der Waals surface area (Å²) in [6, 6.07) is 11.1. The molecule has 2 nitrogen and oxygen atoms in total. The third-order valence-corrected chi connectivity index (χ3v) is 10.3. The molecule has 1 aromatic rings. The van der Waals surface area contributed by atoms with Gasteiger partial charge in [-0.05, 0) is 41.7 Å². The van der Waals surface area contributed by atoms with Crippen LogP contribution in [0, 0.1) is 0 Å². The molecule has 2 aliphatic rings. The number of methoxy groups -OCH3 is 1. The van der Waals surface area contributed by atoms with Crippen molar-refractivity contribution in [2.45, 2.75) is 43.3 Å². The maximum absolute atomic E-state index is 6.33. The first-order valence-electron chi connectivity index (χ1n) is 6.99. The molecular formula is C15H22O2Si. The molecule has 0 aromatic heterocycles. The fourth-order valence-corrected chi connectivity index (χ4v) is 8.44. The summed E-state index contributed by atoms with van der Waals surface area (Å²) in [6.07, 6.45) is 1.34. The zero-order valence-corrected chi connectivity index (χ0v) is 12.5. The second-order valence-corrected chi connectivity index (χ2v) is 10.2. The van der Waals surface area contributed by atoms with Crippen LogP contribution in [0.5, 0.6) is 5.75 Å². The summed E-state index contributed by atoms with van der Waals surface area (Å²) in [7, 11) is 0.306. The number of hydrogen-bond acceptors (Lipinski definition) is 2. The fourth-order valence-electron chi connectivity index (χ4n) is 3.81. The zero-order chi connectivity index (χ0) is 12.8. The number of ether oxygens (including phenoxy) is 1. The quantitative estimate of drug-likeness (QED) is 0.770. The largest absolute Gasteiger partial charge is 0.497 e. The van der Waals surface area contributed by atoms with E-state index in [2.05, 4.69) is 32.0 Å². The van der Waals surface area contributed by atoms with Gasteiger partial charge in [-0.3, -0.25) is 0 Å². The van der Waals surface area contributed by atoms with Gasteiger partial charge in [0.05, 0.1) is 7.11 Å². The van der Waals surface area contributed by atoms with Crippen LogP contribution in [0.4, 0.5) is 0 Å². The summed E-state index contributed by atoms with van der Waals surface area (Å²) in [5.41, 5.74) is 2.61. The molecule has 0 radical (unpaired) electrons. The van der Waals surface area contributed by atoms with E-state index in [1.165, 1.54) is 24.1 Å². The van der Waals surface area contributed by atoms with E-state index in [0.29, 0.717) is 5.41 Å². The van der Waals surface area contributed by atoms with Crippen LogP contribution >= 0.6 is 0 Å². The third-order valence-electron chi connectivity index (χ3n) is 5.17. The van der Waals surface area contributed by atoms with Crippen molar-refractivity contribution in [1.29, 1.82) is 0 Å².